The van der Waals surface area contributed by atoms with Crippen molar-refractivity contribution in [2.24, 2.45) is 5.92 Å². The van der Waals surface area contributed by atoms with Crippen molar-refractivity contribution in [2.75, 3.05) is 19.0 Å². The third-order valence-corrected chi connectivity index (χ3v) is 4.48. The van der Waals surface area contributed by atoms with Crippen LogP contribution in [0.2, 0.25) is 0 Å². The highest BCUT2D eigenvalue weighted by atomic mass is 19.1. The Balaban J connectivity index is 2.15. The number of hydrogen-bond acceptors (Lipinski definition) is 8. The van der Waals surface area contributed by atoms with Crippen molar-refractivity contribution in [1.82, 2.24) is 0 Å². The van der Waals surface area contributed by atoms with Crippen LogP contribution in [0.1, 0.15) is 32.6 Å². The van der Waals surface area contributed by atoms with Crippen LogP contribution in [0, 0.1) is 21.8 Å². The zero-order chi connectivity index (χ0) is 21.6. The Hall–Kier alpha value is -3.24. The minimum absolute atomic E-state index is 0.244. The van der Waals surface area contributed by atoms with Crippen molar-refractivity contribution in [3.05, 3.63) is 28.1 Å². The van der Waals surface area contributed by atoms with Crippen LogP contribution in [-0.4, -0.2) is 42.6 Å². The topological polar surface area (TPSA) is 134 Å². The van der Waals surface area contributed by atoms with Gasteiger partial charge < -0.3 is 19.5 Å². The maximum atomic E-state index is 14.8. The van der Waals surface area contributed by atoms with Crippen molar-refractivity contribution in [1.29, 1.82) is 0 Å². The molecule has 0 bridgehead atoms. The standard InChI is InChI=1S/C18H21FN2O8/c1-3-28-17(23)10-4-6-11(7-5-10)29-13-9-8-12(21(25)26)15(14(13)19)20-16(22)18(24)27-2/h8-11H,3-7H2,1-2H3,(H,20,22)/t10-,11+. The molecule has 0 saturated heterocycles. The lowest BCUT2D eigenvalue weighted by Gasteiger charge is -2.28. The zero-order valence-electron chi connectivity index (χ0n) is 15.9. The molecule has 1 amide bonds. The number of nitro benzene ring substituents is 1. The fraction of sp³-hybridized carbons (Fsp3) is 0.500. The number of ether oxygens (including phenoxy) is 3. The maximum Gasteiger partial charge on any atom is 0.396 e. The molecule has 1 aliphatic rings. The van der Waals surface area contributed by atoms with Crippen LogP contribution in [0.4, 0.5) is 15.8 Å². The van der Waals surface area contributed by atoms with Gasteiger partial charge >= 0.3 is 17.8 Å². The molecule has 1 fully saturated rings. The monoisotopic (exact) mass is 412 g/mol. The van der Waals surface area contributed by atoms with Crippen molar-refractivity contribution >= 4 is 29.2 Å². The number of benzene rings is 1. The maximum absolute atomic E-state index is 14.8. The number of esters is 2. The number of nitrogens with zero attached hydrogens (tertiary/aromatic N) is 1. The molecular formula is C18H21FN2O8. The van der Waals surface area contributed by atoms with Gasteiger partial charge in [-0.15, -0.1) is 0 Å². The van der Waals surface area contributed by atoms with Gasteiger partial charge in [-0.2, -0.15) is 0 Å². The summed E-state index contributed by atoms with van der Waals surface area (Å²) in [6.45, 7) is 2.02. The van der Waals surface area contributed by atoms with Crippen LogP contribution >= 0.6 is 0 Å². The predicted molar refractivity (Wildman–Crippen MR) is 96.7 cm³/mol. The van der Waals surface area contributed by atoms with Crippen molar-refractivity contribution in [3.8, 4) is 5.75 Å². The fourth-order valence-corrected chi connectivity index (χ4v) is 3.02. The summed E-state index contributed by atoms with van der Waals surface area (Å²) in [4.78, 5) is 44.9. The predicted octanol–water partition coefficient (Wildman–Crippen LogP) is 2.35. The number of methoxy groups -OCH3 is 1. The van der Waals surface area contributed by atoms with Crippen molar-refractivity contribution in [2.45, 2.75) is 38.7 Å². The SMILES string of the molecule is CCOC(=O)[C@H]1CC[C@@H](Oc2ccc([N+](=O)[O-])c(NC(=O)C(=O)OC)c2F)CC1. The first-order valence-electron chi connectivity index (χ1n) is 8.97. The molecular weight excluding hydrogens is 391 g/mol. The first-order valence-corrected chi connectivity index (χ1v) is 8.97. The molecule has 1 aliphatic carbocycles. The molecule has 1 aromatic carbocycles. The molecule has 0 spiro atoms. The Kier molecular flexibility index (Phi) is 7.46. The summed E-state index contributed by atoms with van der Waals surface area (Å²) >= 11 is 0. The molecule has 11 heteroatoms. The Labute approximate surface area is 165 Å². The first kappa shape index (κ1) is 22.1. The average molecular weight is 412 g/mol. The van der Waals surface area contributed by atoms with Crippen molar-refractivity contribution in [3.63, 3.8) is 0 Å². The van der Waals surface area contributed by atoms with Gasteiger partial charge in [-0.3, -0.25) is 19.7 Å². The second kappa shape index (κ2) is 9.80. The normalized spacial score (nSPS) is 18.4. The Morgan fingerprint density at radius 1 is 1.24 bits per heavy atom. The highest BCUT2D eigenvalue weighted by molar-refractivity contribution is 6.37. The Morgan fingerprint density at radius 2 is 1.90 bits per heavy atom. The minimum Gasteiger partial charge on any atom is -0.487 e. The minimum atomic E-state index is -1.36. The fourth-order valence-electron chi connectivity index (χ4n) is 3.02. The summed E-state index contributed by atoms with van der Waals surface area (Å²) in [6, 6.07) is 2.05. The molecule has 1 saturated carbocycles. The molecule has 2 rings (SSSR count). The number of carbonyl (C=O) groups is 3. The number of carbonyl (C=O) groups excluding carboxylic acids is 3. The van der Waals surface area contributed by atoms with Gasteiger partial charge in [-0.05, 0) is 38.7 Å². The number of nitrogens with one attached hydrogen (secondary N) is 1. The lowest BCUT2D eigenvalue weighted by molar-refractivity contribution is -0.384. The smallest absolute Gasteiger partial charge is 0.396 e. The number of anilines is 1. The van der Waals surface area contributed by atoms with E-state index in [2.05, 4.69) is 4.74 Å². The van der Waals surface area contributed by atoms with E-state index in [1.54, 1.807) is 6.92 Å². The third kappa shape index (κ3) is 5.39. The van der Waals surface area contributed by atoms with Gasteiger partial charge in [-0.25, -0.2) is 9.18 Å². The van der Waals surface area contributed by atoms with Crippen LogP contribution in [0.25, 0.3) is 0 Å². The number of halogens is 1. The lowest BCUT2D eigenvalue weighted by atomic mass is 9.87. The number of nitro groups is 1. The van der Waals surface area contributed by atoms with E-state index in [9.17, 15) is 28.9 Å². The Morgan fingerprint density at radius 3 is 2.45 bits per heavy atom. The van der Waals surface area contributed by atoms with Gasteiger partial charge in [-0.1, -0.05) is 0 Å². The van der Waals surface area contributed by atoms with E-state index in [1.165, 1.54) is 0 Å². The molecule has 1 N–H and O–H groups in total. The molecule has 0 unspecified atom stereocenters. The van der Waals surface area contributed by atoms with Crippen LogP contribution in [0.5, 0.6) is 5.75 Å². The molecule has 1 aromatic rings. The third-order valence-electron chi connectivity index (χ3n) is 4.48. The van der Waals surface area contributed by atoms with E-state index < -0.39 is 40.1 Å². The number of rotatable bonds is 6. The quantitative estimate of drug-likeness (QED) is 0.326. The van der Waals surface area contributed by atoms with Crippen molar-refractivity contribution < 1.29 is 37.9 Å². The summed E-state index contributed by atoms with van der Waals surface area (Å²) in [6.07, 6.45) is 1.52. The van der Waals surface area contributed by atoms with Gasteiger partial charge in [0.25, 0.3) is 5.69 Å². The van der Waals surface area contributed by atoms with E-state index in [4.69, 9.17) is 9.47 Å². The molecule has 0 aromatic heterocycles. The molecule has 29 heavy (non-hydrogen) atoms. The summed E-state index contributed by atoms with van der Waals surface area (Å²) in [5.74, 6) is -4.70. The first-order chi connectivity index (χ1) is 13.8. The van der Waals surface area contributed by atoms with Gasteiger partial charge in [0, 0.05) is 6.07 Å². The van der Waals surface area contributed by atoms with Crippen LogP contribution < -0.4 is 10.1 Å². The Bertz CT molecular complexity index is 805. The molecule has 158 valence electrons. The average Bonchev–Trinajstić information content (AvgIpc) is 2.70. The molecule has 0 atom stereocenters. The molecule has 0 aliphatic heterocycles. The van der Waals surface area contributed by atoms with Gasteiger partial charge in [0.2, 0.25) is 0 Å². The summed E-state index contributed by atoms with van der Waals surface area (Å²) in [7, 11) is 0.943. The van der Waals surface area contributed by atoms with Crippen LogP contribution in [0.3, 0.4) is 0 Å². The zero-order valence-corrected chi connectivity index (χ0v) is 15.9. The van der Waals surface area contributed by atoms with Crippen LogP contribution in [-0.2, 0) is 23.9 Å². The van der Waals surface area contributed by atoms with Gasteiger partial charge in [0.1, 0.15) is 0 Å². The van der Waals surface area contributed by atoms with Gasteiger partial charge in [0.15, 0.2) is 17.3 Å². The highest BCUT2D eigenvalue weighted by Crippen LogP contribution is 2.36. The summed E-state index contributed by atoms with van der Waals surface area (Å²) in [5, 5.41) is 13.0. The van der Waals surface area contributed by atoms with E-state index in [1.807, 2.05) is 5.32 Å². The molecule has 10 nitrogen and oxygen atoms in total. The van der Waals surface area contributed by atoms with Gasteiger partial charge in [0.05, 0.1) is 30.7 Å². The lowest BCUT2D eigenvalue weighted by Crippen LogP contribution is -2.29. The number of hydrogen-bond donors (Lipinski definition) is 1. The van der Waals surface area contributed by atoms with Crippen LogP contribution in [0.15, 0.2) is 12.1 Å². The summed E-state index contributed by atoms with van der Waals surface area (Å²) in [5.41, 5.74) is -1.53. The molecule has 0 radical (unpaired) electrons. The molecule has 0 heterocycles. The van der Waals surface area contributed by atoms with E-state index in [0.29, 0.717) is 32.3 Å². The summed E-state index contributed by atoms with van der Waals surface area (Å²) < 4.78 is 29.6. The largest absolute Gasteiger partial charge is 0.487 e. The van der Waals surface area contributed by atoms with E-state index in [-0.39, 0.29) is 17.6 Å². The highest BCUT2D eigenvalue weighted by Gasteiger charge is 2.31. The van der Waals surface area contributed by atoms with E-state index >= 15 is 0 Å². The second-order valence-corrected chi connectivity index (χ2v) is 6.32. The second-order valence-electron chi connectivity index (χ2n) is 6.32. The van der Waals surface area contributed by atoms with E-state index in [0.717, 1.165) is 19.2 Å². The number of amides is 1.